The van der Waals surface area contributed by atoms with Crippen LogP contribution in [-0.4, -0.2) is 18.8 Å². The van der Waals surface area contributed by atoms with Crippen molar-refractivity contribution in [2.45, 2.75) is 57.1 Å². The van der Waals surface area contributed by atoms with Gasteiger partial charge in [-0.05, 0) is 56.4 Å². The molecule has 0 aromatic carbocycles. The van der Waals surface area contributed by atoms with Gasteiger partial charge in [-0.3, -0.25) is 0 Å². The highest BCUT2D eigenvalue weighted by Crippen LogP contribution is 2.19. The molecule has 0 saturated carbocycles. The van der Waals surface area contributed by atoms with Crippen molar-refractivity contribution in [2.24, 2.45) is 5.73 Å². The molecule has 1 saturated heterocycles. The second-order valence-corrected chi connectivity index (χ2v) is 5.98. The van der Waals surface area contributed by atoms with Crippen LogP contribution in [0.1, 0.15) is 43.4 Å². The lowest BCUT2D eigenvalue weighted by Gasteiger charge is -2.23. The summed E-state index contributed by atoms with van der Waals surface area (Å²) in [7, 11) is 0. The van der Waals surface area contributed by atoms with Gasteiger partial charge in [-0.2, -0.15) is 0 Å². The molecule has 0 amide bonds. The number of thiophene rings is 1. The maximum atomic E-state index is 6.16. The van der Waals surface area contributed by atoms with Crippen LogP contribution in [0.4, 0.5) is 0 Å². The van der Waals surface area contributed by atoms with Gasteiger partial charge in [0.25, 0.3) is 0 Å². The monoisotopic (exact) mass is 253 g/mol. The summed E-state index contributed by atoms with van der Waals surface area (Å²) in [5.74, 6) is 0. The predicted octanol–water partition coefficient (Wildman–Crippen LogP) is 3.36. The Balaban J connectivity index is 1.58. The standard InChI is InChI=1S/C14H23NOS/c15-12(7-9-14-5-3-11-17-14)6-8-13-4-1-2-10-16-13/h3,5,11-13H,1-2,4,6-10,15H2. The largest absolute Gasteiger partial charge is 0.378 e. The first-order valence-electron chi connectivity index (χ1n) is 6.74. The van der Waals surface area contributed by atoms with E-state index in [9.17, 15) is 0 Å². The van der Waals surface area contributed by atoms with Crippen LogP contribution in [0, 0.1) is 0 Å². The van der Waals surface area contributed by atoms with E-state index in [0.717, 1.165) is 32.3 Å². The zero-order valence-corrected chi connectivity index (χ0v) is 11.3. The molecule has 2 heterocycles. The Morgan fingerprint density at radius 2 is 2.35 bits per heavy atom. The minimum Gasteiger partial charge on any atom is -0.378 e. The van der Waals surface area contributed by atoms with Crippen molar-refractivity contribution in [1.82, 2.24) is 0 Å². The number of nitrogens with two attached hydrogens (primary N) is 1. The van der Waals surface area contributed by atoms with Crippen molar-refractivity contribution in [3.63, 3.8) is 0 Å². The summed E-state index contributed by atoms with van der Waals surface area (Å²) in [6.07, 6.45) is 8.77. The second kappa shape index (κ2) is 7.14. The Morgan fingerprint density at radius 3 is 3.06 bits per heavy atom. The number of ether oxygens (including phenoxy) is 1. The summed E-state index contributed by atoms with van der Waals surface area (Å²) in [5, 5.41) is 2.14. The molecule has 2 N–H and O–H groups in total. The van der Waals surface area contributed by atoms with Gasteiger partial charge in [0.15, 0.2) is 0 Å². The van der Waals surface area contributed by atoms with Crippen molar-refractivity contribution in [2.75, 3.05) is 6.61 Å². The van der Waals surface area contributed by atoms with E-state index < -0.39 is 0 Å². The molecule has 2 rings (SSSR count). The van der Waals surface area contributed by atoms with E-state index in [1.807, 2.05) is 11.3 Å². The maximum absolute atomic E-state index is 6.16. The zero-order valence-electron chi connectivity index (χ0n) is 10.4. The van der Waals surface area contributed by atoms with Crippen LogP contribution in [0.2, 0.25) is 0 Å². The quantitative estimate of drug-likeness (QED) is 0.843. The maximum Gasteiger partial charge on any atom is 0.0575 e. The summed E-state index contributed by atoms with van der Waals surface area (Å²) in [6.45, 7) is 0.953. The van der Waals surface area contributed by atoms with Gasteiger partial charge in [0, 0.05) is 17.5 Å². The fourth-order valence-electron chi connectivity index (χ4n) is 2.36. The SMILES string of the molecule is NC(CCc1cccs1)CCC1CCCCO1. The summed E-state index contributed by atoms with van der Waals surface area (Å²) in [4.78, 5) is 1.45. The molecule has 96 valence electrons. The molecule has 1 aromatic heterocycles. The minimum atomic E-state index is 0.336. The van der Waals surface area contributed by atoms with Gasteiger partial charge in [0.05, 0.1) is 6.10 Å². The van der Waals surface area contributed by atoms with Crippen molar-refractivity contribution in [3.8, 4) is 0 Å². The van der Waals surface area contributed by atoms with Crippen LogP contribution < -0.4 is 5.73 Å². The summed E-state index contributed by atoms with van der Waals surface area (Å²) in [6, 6.07) is 4.64. The fraction of sp³-hybridized carbons (Fsp3) is 0.714. The third-order valence-corrected chi connectivity index (χ3v) is 4.41. The highest BCUT2D eigenvalue weighted by molar-refractivity contribution is 7.09. The summed E-state index contributed by atoms with van der Waals surface area (Å²) in [5.41, 5.74) is 6.16. The third-order valence-electron chi connectivity index (χ3n) is 3.48. The van der Waals surface area contributed by atoms with Gasteiger partial charge in [0.2, 0.25) is 0 Å². The molecule has 1 aliphatic heterocycles. The zero-order chi connectivity index (χ0) is 11.9. The molecule has 0 spiro atoms. The Morgan fingerprint density at radius 1 is 1.41 bits per heavy atom. The smallest absolute Gasteiger partial charge is 0.0575 e. The Bertz CT molecular complexity index is 293. The Labute approximate surface area is 108 Å². The average Bonchev–Trinajstić information content (AvgIpc) is 2.88. The molecule has 2 nitrogen and oxygen atoms in total. The van der Waals surface area contributed by atoms with E-state index in [2.05, 4.69) is 17.5 Å². The first-order valence-corrected chi connectivity index (χ1v) is 7.62. The second-order valence-electron chi connectivity index (χ2n) is 4.94. The molecule has 0 bridgehead atoms. The van der Waals surface area contributed by atoms with Gasteiger partial charge in [-0.15, -0.1) is 11.3 Å². The first-order chi connectivity index (χ1) is 8.34. The van der Waals surface area contributed by atoms with E-state index in [1.165, 1.54) is 24.1 Å². The van der Waals surface area contributed by atoms with Crippen LogP contribution in [0.5, 0.6) is 0 Å². The van der Waals surface area contributed by atoms with Crippen molar-refractivity contribution >= 4 is 11.3 Å². The fourth-order valence-corrected chi connectivity index (χ4v) is 3.09. The summed E-state index contributed by atoms with van der Waals surface area (Å²) < 4.78 is 5.73. The molecule has 1 fully saturated rings. The van der Waals surface area contributed by atoms with Gasteiger partial charge < -0.3 is 10.5 Å². The molecular formula is C14H23NOS. The average molecular weight is 253 g/mol. The summed E-state index contributed by atoms with van der Waals surface area (Å²) >= 11 is 1.83. The molecule has 1 aliphatic rings. The van der Waals surface area contributed by atoms with Gasteiger partial charge in [0.1, 0.15) is 0 Å². The lowest BCUT2D eigenvalue weighted by Crippen LogP contribution is -2.25. The van der Waals surface area contributed by atoms with E-state index in [1.54, 1.807) is 0 Å². The lowest BCUT2D eigenvalue weighted by molar-refractivity contribution is 0.00905. The Hall–Kier alpha value is -0.380. The topological polar surface area (TPSA) is 35.2 Å². The normalized spacial score (nSPS) is 22.5. The molecule has 3 heteroatoms. The molecule has 0 radical (unpaired) electrons. The number of hydrogen-bond acceptors (Lipinski definition) is 3. The van der Waals surface area contributed by atoms with Gasteiger partial charge >= 0.3 is 0 Å². The van der Waals surface area contributed by atoms with E-state index in [0.29, 0.717) is 12.1 Å². The molecule has 0 aliphatic carbocycles. The van der Waals surface area contributed by atoms with Crippen LogP contribution in [0.3, 0.4) is 0 Å². The van der Waals surface area contributed by atoms with Crippen molar-refractivity contribution in [3.05, 3.63) is 22.4 Å². The number of aryl methyl sites for hydroxylation is 1. The molecule has 2 unspecified atom stereocenters. The van der Waals surface area contributed by atoms with Crippen LogP contribution in [0.25, 0.3) is 0 Å². The predicted molar refractivity (Wildman–Crippen MR) is 73.4 cm³/mol. The highest BCUT2D eigenvalue weighted by Gasteiger charge is 2.15. The van der Waals surface area contributed by atoms with E-state index in [-0.39, 0.29) is 0 Å². The van der Waals surface area contributed by atoms with E-state index in [4.69, 9.17) is 10.5 Å². The molecule has 17 heavy (non-hydrogen) atoms. The van der Waals surface area contributed by atoms with E-state index >= 15 is 0 Å². The van der Waals surface area contributed by atoms with Crippen LogP contribution in [-0.2, 0) is 11.2 Å². The minimum absolute atomic E-state index is 0.336. The molecule has 1 aromatic rings. The number of hydrogen-bond donors (Lipinski definition) is 1. The first kappa shape index (κ1) is 13.1. The lowest BCUT2D eigenvalue weighted by atomic mass is 9.99. The van der Waals surface area contributed by atoms with Gasteiger partial charge in [-0.1, -0.05) is 6.07 Å². The van der Waals surface area contributed by atoms with Crippen LogP contribution >= 0.6 is 11.3 Å². The van der Waals surface area contributed by atoms with Gasteiger partial charge in [-0.25, -0.2) is 0 Å². The van der Waals surface area contributed by atoms with Crippen LogP contribution in [0.15, 0.2) is 17.5 Å². The third kappa shape index (κ3) is 4.78. The molecular weight excluding hydrogens is 230 g/mol. The van der Waals surface area contributed by atoms with Crippen molar-refractivity contribution < 1.29 is 4.74 Å². The highest BCUT2D eigenvalue weighted by atomic mass is 32.1. The Kier molecular flexibility index (Phi) is 5.49. The number of rotatable bonds is 6. The van der Waals surface area contributed by atoms with Crippen molar-refractivity contribution in [1.29, 1.82) is 0 Å². The molecule has 2 atom stereocenters.